The maximum atomic E-state index is 11.9. The first-order valence-corrected chi connectivity index (χ1v) is 9.15. The number of aryl methyl sites for hydroxylation is 1. The molecule has 26 heavy (non-hydrogen) atoms. The lowest BCUT2D eigenvalue weighted by molar-refractivity contribution is 0.0507. The Hall–Kier alpha value is -2.32. The number of unbranched alkanes of at least 4 members (excludes halogenated alkanes) is 1. The number of hydrogen-bond acceptors (Lipinski definition) is 5. The highest BCUT2D eigenvalue weighted by Crippen LogP contribution is 2.12. The number of carbonyl (C=O) groups excluding carboxylic acids is 1. The summed E-state index contributed by atoms with van der Waals surface area (Å²) in [5.74, 6) is 0.878. The van der Waals surface area contributed by atoms with Crippen molar-refractivity contribution in [2.45, 2.75) is 58.2 Å². The number of nitrogens with zero attached hydrogens (tertiary/aromatic N) is 5. The Balaban J connectivity index is 1.66. The number of aromatic nitrogens is 3. The van der Waals surface area contributed by atoms with E-state index in [9.17, 15) is 4.79 Å². The van der Waals surface area contributed by atoms with Gasteiger partial charge in [-0.2, -0.15) is 0 Å². The van der Waals surface area contributed by atoms with Crippen molar-refractivity contribution in [3.8, 4) is 0 Å². The second kappa shape index (κ2) is 9.40. The van der Waals surface area contributed by atoms with Crippen molar-refractivity contribution in [3.63, 3.8) is 0 Å². The molecule has 0 saturated carbocycles. The number of likely N-dealkylation sites (tertiary alicyclic amines) is 1. The Labute approximate surface area is 155 Å². The average molecular weight is 365 g/mol. The van der Waals surface area contributed by atoms with E-state index < -0.39 is 5.60 Å². The third-order valence-electron chi connectivity index (χ3n) is 4.01. The molecule has 0 radical (unpaired) electrons. The smallest absolute Gasteiger partial charge is 0.407 e. The number of carbonyl (C=O) groups is 1. The molecule has 1 fully saturated rings. The van der Waals surface area contributed by atoms with Gasteiger partial charge in [0.15, 0.2) is 5.96 Å². The molecule has 0 aromatic carbocycles. The summed E-state index contributed by atoms with van der Waals surface area (Å²) < 4.78 is 7.29. The van der Waals surface area contributed by atoms with Gasteiger partial charge in [0.2, 0.25) is 0 Å². The number of alkyl carbamates (subject to hydrolysis) is 1. The van der Waals surface area contributed by atoms with Crippen molar-refractivity contribution in [3.05, 3.63) is 12.7 Å². The minimum Gasteiger partial charge on any atom is -0.444 e. The van der Waals surface area contributed by atoms with E-state index in [1.165, 1.54) is 0 Å². The molecule has 9 nitrogen and oxygen atoms in total. The fourth-order valence-corrected chi connectivity index (χ4v) is 2.83. The number of amides is 1. The molecule has 2 rings (SSSR count). The highest BCUT2D eigenvalue weighted by Gasteiger charge is 2.27. The zero-order valence-electron chi connectivity index (χ0n) is 16.2. The van der Waals surface area contributed by atoms with E-state index in [1.54, 1.807) is 19.7 Å². The lowest BCUT2D eigenvalue weighted by Gasteiger charge is -2.23. The van der Waals surface area contributed by atoms with Gasteiger partial charge in [-0.1, -0.05) is 0 Å². The summed E-state index contributed by atoms with van der Waals surface area (Å²) in [4.78, 5) is 18.4. The number of nitrogens with one attached hydrogen (secondary N) is 2. The Bertz CT molecular complexity index is 580. The number of guanidine groups is 1. The normalized spacial score (nSPS) is 18.1. The molecule has 1 aromatic rings. The molecule has 0 spiro atoms. The SMILES string of the molecule is CN=C(NCCCCn1cnnc1)N1CCC(NC(=O)OC(C)(C)C)C1. The van der Waals surface area contributed by atoms with Gasteiger partial charge >= 0.3 is 6.09 Å². The van der Waals surface area contributed by atoms with Crippen molar-refractivity contribution in [1.82, 2.24) is 30.3 Å². The third kappa shape index (κ3) is 6.89. The van der Waals surface area contributed by atoms with Crippen LogP contribution >= 0.6 is 0 Å². The highest BCUT2D eigenvalue weighted by molar-refractivity contribution is 5.80. The summed E-state index contributed by atoms with van der Waals surface area (Å²) in [6.45, 7) is 8.96. The van der Waals surface area contributed by atoms with Gasteiger partial charge in [-0.25, -0.2) is 4.79 Å². The molecule has 1 amide bonds. The van der Waals surface area contributed by atoms with Gasteiger partial charge in [0.1, 0.15) is 18.3 Å². The monoisotopic (exact) mass is 365 g/mol. The number of aliphatic imine (C=N–C) groups is 1. The summed E-state index contributed by atoms with van der Waals surface area (Å²) >= 11 is 0. The minimum atomic E-state index is -0.479. The Morgan fingerprint density at radius 3 is 2.69 bits per heavy atom. The minimum absolute atomic E-state index is 0.0807. The largest absolute Gasteiger partial charge is 0.444 e. The maximum absolute atomic E-state index is 11.9. The quantitative estimate of drug-likeness (QED) is 0.447. The fourth-order valence-electron chi connectivity index (χ4n) is 2.83. The highest BCUT2D eigenvalue weighted by atomic mass is 16.6. The first-order chi connectivity index (χ1) is 12.4. The molecule has 2 heterocycles. The fraction of sp³-hybridized carbons (Fsp3) is 0.765. The zero-order chi connectivity index (χ0) is 19.0. The van der Waals surface area contributed by atoms with Crippen LogP contribution < -0.4 is 10.6 Å². The molecule has 2 N–H and O–H groups in total. The lowest BCUT2D eigenvalue weighted by atomic mass is 10.2. The van der Waals surface area contributed by atoms with Crippen molar-refractivity contribution in [2.24, 2.45) is 4.99 Å². The molecule has 9 heteroatoms. The molecule has 1 aromatic heterocycles. The van der Waals surface area contributed by atoms with Gasteiger partial charge in [-0.05, 0) is 40.0 Å². The molecular weight excluding hydrogens is 334 g/mol. The molecule has 1 atom stereocenters. The second-order valence-corrected chi connectivity index (χ2v) is 7.46. The van der Waals surface area contributed by atoms with Gasteiger partial charge in [0.05, 0.1) is 6.04 Å². The van der Waals surface area contributed by atoms with Crippen molar-refractivity contribution in [1.29, 1.82) is 0 Å². The van der Waals surface area contributed by atoms with E-state index in [0.717, 1.165) is 51.4 Å². The van der Waals surface area contributed by atoms with Crippen LogP contribution in [-0.2, 0) is 11.3 Å². The maximum Gasteiger partial charge on any atom is 0.407 e. The van der Waals surface area contributed by atoms with E-state index >= 15 is 0 Å². The van der Waals surface area contributed by atoms with E-state index in [2.05, 4.69) is 30.7 Å². The van der Waals surface area contributed by atoms with E-state index in [-0.39, 0.29) is 12.1 Å². The van der Waals surface area contributed by atoms with Crippen LogP contribution in [0.3, 0.4) is 0 Å². The van der Waals surface area contributed by atoms with Crippen LogP contribution in [0.1, 0.15) is 40.0 Å². The van der Waals surface area contributed by atoms with Crippen LogP contribution in [0.5, 0.6) is 0 Å². The number of rotatable bonds is 6. The Kier molecular flexibility index (Phi) is 7.23. The Morgan fingerprint density at radius 2 is 2.04 bits per heavy atom. The molecule has 146 valence electrons. The van der Waals surface area contributed by atoms with E-state index in [4.69, 9.17) is 4.74 Å². The summed E-state index contributed by atoms with van der Waals surface area (Å²) in [5.41, 5.74) is -0.479. The summed E-state index contributed by atoms with van der Waals surface area (Å²) in [6.07, 6.45) is 6.06. The predicted molar refractivity (Wildman–Crippen MR) is 100.0 cm³/mol. The number of hydrogen-bond donors (Lipinski definition) is 2. The summed E-state index contributed by atoms with van der Waals surface area (Å²) in [6, 6.07) is 0.0807. The molecule has 0 bridgehead atoms. The van der Waals surface area contributed by atoms with Crippen LogP contribution in [-0.4, -0.2) is 70.0 Å². The van der Waals surface area contributed by atoms with Crippen molar-refractivity contribution >= 4 is 12.1 Å². The summed E-state index contributed by atoms with van der Waals surface area (Å²) in [5, 5.41) is 13.9. The van der Waals surface area contributed by atoms with Crippen LogP contribution in [0.4, 0.5) is 4.79 Å². The lowest BCUT2D eigenvalue weighted by Crippen LogP contribution is -2.44. The van der Waals surface area contributed by atoms with Crippen LogP contribution in [0, 0.1) is 0 Å². The summed E-state index contributed by atoms with van der Waals surface area (Å²) in [7, 11) is 1.79. The van der Waals surface area contributed by atoms with Crippen LogP contribution in [0.2, 0.25) is 0 Å². The first-order valence-electron chi connectivity index (χ1n) is 9.15. The average Bonchev–Trinajstić information content (AvgIpc) is 3.21. The number of ether oxygens (including phenoxy) is 1. The molecule has 1 saturated heterocycles. The van der Waals surface area contributed by atoms with Gasteiger partial charge in [-0.3, -0.25) is 4.99 Å². The molecule has 0 aliphatic carbocycles. The topological polar surface area (TPSA) is 96.7 Å². The third-order valence-corrected chi connectivity index (χ3v) is 4.01. The molecule has 1 unspecified atom stereocenters. The van der Waals surface area contributed by atoms with Crippen molar-refractivity contribution in [2.75, 3.05) is 26.7 Å². The standard InChI is InChI=1S/C17H31N7O2/c1-17(2,3)26-16(25)22-14-7-10-24(11-14)15(18-4)19-8-5-6-9-23-12-20-21-13-23/h12-14H,5-11H2,1-4H3,(H,18,19)(H,22,25). The zero-order valence-corrected chi connectivity index (χ0v) is 16.2. The van der Waals surface area contributed by atoms with Gasteiger partial charge in [0, 0.05) is 33.2 Å². The van der Waals surface area contributed by atoms with E-state index in [1.807, 2.05) is 25.3 Å². The van der Waals surface area contributed by atoms with Crippen molar-refractivity contribution < 1.29 is 9.53 Å². The molecule has 1 aliphatic rings. The predicted octanol–water partition coefficient (Wildman–Crippen LogP) is 1.23. The Morgan fingerprint density at radius 1 is 1.31 bits per heavy atom. The molecule has 1 aliphatic heterocycles. The van der Waals surface area contributed by atoms with Gasteiger partial charge in [-0.15, -0.1) is 10.2 Å². The second-order valence-electron chi connectivity index (χ2n) is 7.46. The van der Waals surface area contributed by atoms with Gasteiger partial charge in [0.25, 0.3) is 0 Å². The van der Waals surface area contributed by atoms with Crippen LogP contribution in [0.25, 0.3) is 0 Å². The van der Waals surface area contributed by atoms with Crippen LogP contribution in [0.15, 0.2) is 17.6 Å². The van der Waals surface area contributed by atoms with Gasteiger partial charge < -0.3 is 24.8 Å². The van der Waals surface area contributed by atoms with E-state index in [0.29, 0.717) is 0 Å². The first kappa shape index (κ1) is 20.0. The molecular formula is C17H31N7O2.